The summed E-state index contributed by atoms with van der Waals surface area (Å²) in [6.45, 7) is 7.25. The second-order valence-corrected chi connectivity index (χ2v) is 3.98. The Kier molecular flexibility index (Phi) is 6.01. The van der Waals surface area contributed by atoms with Gasteiger partial charge in [-0.15, -0.1) is 13.2 Å². The Bertz CT molecular complexity index is 370. The van der Waals surface area contributed by atoms with Gasteiger partial charge in [0, 0.05) is 12.8 Å². The highest BCUT2D eigenvalue weighted by molar-refractivity contribution is 5.31. The van der Waals surface area contributed by atoms with E-state index in [0.29, 0.717) is 12.8 Å². The molecule has 3 heteroatoms. The molecular weight excluding hydrogens is 228 g/mol. The fourth-order valence-corrected chi connectivity index (χ4v) is 1.59. The summed E-state index contributed by atoms with van der Waals surface area (Å²) in [6.07, 6.45) is 3.80. The van der Waals surface area contributed by atoms with E-state index in [2.05, 4.69) is 13.2 Å². The predicted molar refractivity (Wildman–Crippen MR) is 73.0 cm³/mol. The van der Waals surface area contributed by atoms with Crippen molar-refractivity contribution in [3.63, 3.8) is 0 Å². The number of hydrogen-bond donors (Lipinski definition) is 1. The molecule has 1 rings (SSSR count). The fourth-order valence-electron chi connectivity index (χ4n) is 1.59. The smallest absolute Gasteiger partial charge is 0.120 e. The summed E-state index contributed by atoms with van der Waals surface area (Å²) in [5.41, 5.74) is 0. The number of ether oxygens (including phenoxy) is 2. The Morgan fingerprint density at radius 3 is 2.33 bits per heavy atom. The molecule has 0 fully saturated rings. The SMILES string of the molecule is C=CCC(CC(O)C=C)Oc1ccc(OC)cc1. The van der Waals surface area contributed by atoms with Gasteiger partial charge in [0.05, 0.1) is 13.2 Å². The number of hydrogen-bond acceptors (Lipinski definition) is 3. The van der Waals surface area contributed by atoms with E-state index in [1.165, 1.54) is 6.08 Å². The number of benzene rings is 1. The molecule has 0 aromatic heterocycles. The van der Waals surface area contributed by atoms with Crippen molar-refractivity contribution in [3.8, 4) is 11.5 Å². The predicted octanol–water partition coefficient (Wildman–Crippen LogP) is 2.96. The van der Waals surface area contributed by atoms with Crippen LogP contribution in [0.25, 0.3) is 0 Å². The van der Waals surface area contributed by atoms with Gasteiger partial charge in [0.2, 0.25) is 0 Å². The minimum Gasteiger partial charge on any atom is -0.497 e. The Morgan fingerprint density at radius 2 is 1.83 bits per heavy atom. The summed E-state index contributed by atoms with van der Waals surface area (Å²) in [5.74, 6) is 1.53. The van der Waals surface area contributed by atoms with Crippen molar-refractivity contribution >= 4 is 0 Å². The van der Waals surface area contributed by atoms with Crippen molar-refractivity contribution in [3.05, 3.63) is 49.6 Å². The zero-order valence-electron chi connectivity index (χ0n) is 10.7. The Balaban J connectivity index is 2.63. The van der Waals surface area contributed by atoms with Gasteiger partial charge in [-0.3, -0.25) is 0 Å². The fraction of sp³-hybridized carbons (Fsp3) is 0.333. The minimum atomic E-state index is -0.562. The second-order valence-electron chi connectivity index (χ2n) is 3.98. The van der Waals surface area contributed by atoms with Gasteiger partial charge in [-0.1, -0.05) is 12.2 Å². The third-order valence-corrected chi connectivity index (χ3v) is 2.57. The lowest BCUT2D eigenvalue weighted by molar-refractivity contribution is 0.123. The molecule has 0 heterocycles. The summed E-state index contributed by atoms with van der Waals surface area (Å²) in [4.78, 5) is 0. The first kappa shape index (κ1) is 14.3. The van der Waals surface area contributed by atoms with Gasteiger partial charge in [-0.25, -0.2) is 0 Å². The molecule has 0 amide bonds. The Hall–Kier alpha value is -1.74. The average molecular weight is 248 g/mol. The van der Waals surface area contributed by atoms with Gasteiger partial charge >= 0.3 is 0 Å². The molecule has 3 nitrogen and oxygen atoms in total. The highest BCUT2D eigenvalue weighted by Crippen LogP contribution is 2.20. The molecule has 0 saturated heterocycles. The maximum Gasteiger partial charge on any atom is 0.120 e. The second kappa shape index (κ2) is 7.56. The molecule has 1 aromatic carbocycles. The van der Waals surface area contributed by atoms with Crippen LogP contribution in [0, 0.1) is 0 Å². The highest BCUT2D eigenvalue weighted by atomic mass is 16.5. The lowest BCUT2D eigenvalue weighted by atomic mass is 10.1. The van der Waals surface area contributed by atoms with Crippen molar-refractivity contribution in [1.82, 2.24) is 0 Å². The zero-order chi connectivity index (χ0) is 13.4. The van der Waals surface area contributed by atoms with Crippen LogP contribution in [-0.2, 0) is 0 Å². The summed E-state index contributed by atoms with van der Waals surface area (Å²) in [6, 6.07) is 7.36. The van der Waals surface area contributed by atoms with Crippen LogP contribution in [0.2, 0.25) is 0 Å². The van der Waals surface area contributed by atoms with E-state index in [1.807, 2.05) is 24.3 Å². The van der Waals surface area contributed by atoms with Crippen LogP contribution in [0.5, 0.6) is 11.5 Å². The van der Waals surface area contributed by atoms with Crippen LogP contribution in [0.1, 0.15) is 12.8 Å². The molecule has 1 N–H and O–H groups in total. The van der Waals surface area contributed by atoms with Gasteiger partial charge in [-0.2, -0.15) is 0 Å². The average Bonchev–Trinajstić information content (AvgIpc) is 2.39. The van der Waals surface area contributed by atoms with Gasteiger partial charge in [0.25, 0.3) is 0 Å². The topological polar surface area (TPSA) is 38.7 Å². The molecule has 2 unspecified atom stereocenters. The number of aliphatic hydroxyl groups excluding tert-OH is 1. The molecule has 1 aromatic rings. The van der Waals surface area contributed by atoms with Crippen molar-refractivity contribution in [1.29, 1.82) is 0 Å². The van der Waals surface area contributed by atoms with E-state index >= 15 is 0 Å². The largest absolute Gasteiger partial charge is 0.497 e. The molecule has 0 bridgehead atoms. The lowest BCUT2D eigenvalue weighted by Crippen LogP contribution is -2.21. The highest BCUT2D eigenvalue weighted by Gasteiger charge is 2.13. The van der Waals surface area contributed by atoms with Crippen molar-refractivity contribution < 1.29 is 14.6 Å². The lowest BCUT2D eigenvalue weighted by Gasteiger charge is -2.19. The summed E-state index contributed by atoms with van der Waals surface area (Å²) >= 11 is 0. The van der Waals surface area contributed by atoms with Crippen molar-refractivity contribution in [2.24, 2.45) is 0 Å². The maximum atomic E-state index is 9.56. The van der Waals surface area contributed by atoms with E-state index in [1.54, 1.807) is 13.2 Å². The zero-order valence-corrected chi connectivity index (χ0v) is 10.7. The van der Waals surface area contributed by atoms with Crippen LogP contribution in [0.4, 0.5) is 0 Å². The first-order chi connectivity index (χ1) is 8.69. The van der Waals surface area contributed by atoms with Crippen molar-refractivity contribution in [2.75, 3.05) is 7.11 Å². The van der Waals surface area contributed by atoms with E-state index < -0.39 is 6.10 Å². The molecule has 0 saturated carbocycles. The standard InChI is InChI=1S/C15H20O3/c1-4-6-15(11-12(16)5-2)18-14-9-7-13(17-3)8-10-14/h4-5,7-10,12,15-16H,1-2,6,11H2,3H3. The summed E-state index contributed by atoms with van der Waals surface area (Å²) in [7, 11) is 1.62. The van der Waals surface area contributed by atoms with Crippen LogP contribution in [0.3, 0.4) is 0 Å². The number of aliphatic hydroxyl groups is 1. The van der Waals surface area contributed by atoms with E-state index in [9.17, 15) is 5.11 Å². The van der Waals surface area contributed by atoms with Crippen LogP contribution >= 0.6 is 0 Å². The Morgan fingerprint density at radius 1 is 1.22 bits per heavy atom. The molecule has 18 heavy (non-hydrogen) atoms. The van der Waals surface area contributed by atoms with Crippen LogP contribution in [-0.4, -0.2) is 24.4 Å². The molecule has 98 valence electrons. The molecular formula is C15H20O3. The minimum absolute atomic E-state index is 0.108. The number of rotatable bonds is 8. The van der Waals surface area contributed by atoms with Gasteiger partial charge in [0.1, 0.15) is 17.6 Å². The molecule has 0 spiro atoms. The van der Waals surface area contributed by atoms with Crippen molar-refractivity contribution in [2.45, 2.75) is 25.0 Å². The first-order valence-corrected chi connectivity index (χ1v) is 5.91. The summed E-state index contributed by atoms with van der Waals surface area (Å²) < 4.78 is 10.9. The molecule has 2 atom stereocenters. The number of methoxy groups -OCH3 is 1. The molecule has 0 aliphatic rings. The monoisotopic (exact) mass is 248 g/mol. The normalized spacial score (nSPS) is 13.4. The van der Waals surface area contributed by atoms with E-state index in [-0.39, 0.29) is 6.10 Å². The third kappa shape index (κ3) is 4.63. The van der Waals surface area contributed by atoms with Gasteiger partial charge in [-0.05, 0) is 24.3 Å². The molecule has 0 aliphatic carbocycles. The van der Waals surface area contributed by atoms with E-state index in [0.717, 1.165) is 11.5 Å². The Labute approximate surface area is 108 Å². The third-order valence-electron chi connectivity index (χ3n) is 2.57. The van der Waals surface area contributed by atoms with Crippen LogP contribution < -0.4 is 9.47 Å². The van der Waals surface area contributed by atoms with Crippen LogP contribution in [0.15, 0.2) is 49.6 Å². The molecule has 0 aliphatic heterocycles. The first-order valence-electron chi connectivity index (χ1n) is 5.91. The maximum absolute atomic E-state index is 9.56. The summed E-state index contributed by atoms with van der Waals surface area (Å²) in [5, 5.41) is 9.56. The molecule has 0 radical (unpaired) electrons. The quantitative estimate of drug-likeness (QED) is 0.719. The van der Waals surface area contributed by atoms with Gasteiger partial charge in [0.15, 0.2) is 0 Å². The van der Waals surface area contributed by atoms with E-state index in [4.69, 9.17) is 9.47 Å². The van der Waals surface area contributed by atoms with Gasteiger partial charge < -0.3 is 14.6 Å².